The lowest BCUT2D eigenvalue weighted by Gasteiger charge is -2.15. The van der Waals surface area contributed by atoms with Gasteiger partial charge in [0.25, 0.3) is 0 Å². The van der Waals surface area contributed by atoms with Crippen LogP contribution in [0.3, 0.4) is 0 Å². The van der Waals surface area contributed by atoms with E-state index in [2.05, 4.69) is 4.98 Å². The highest BCUT2D eigenvalue weighted by Crippen LogP contribution is 2.15. The minimum atomic E-state index is -1.16. The van der Waals surface area contributed by atoms with Crippen LogP contribution in [0.2, 0.25) is 0 Å². The van der Waals surface area contributed by atoms with E-state index in [1.165, 1.54) is 12.3 Å². The van der Waals surface area contributed by atoms with Gasteiger partial charge in [0.2, 0.25) is 5.95 Å². The molecule has 1 aromatic heterocycles. The first-order valence-corrected chi connectivity index (χ1v) is 3.83. The van der Waals surface area contributed by atoms with Gasteiger partial charge in [-0.1, -0.05) is 0 Å². The average Bonchev–Trinajstić information content (AvgIpc) is 2.15. The average molecular weight is 186 g/mol. The topological polar surface area (TPSA) is 79.4 Å². The van der Waals surface area contributed by atoms with Crippen molar-refractivity contribution >= 4 is 0 Å². The highest BCUT2D eigenvalue weighted by molar-refractivity contribution is 5.15. The van der Waals surface area contributed by atoms with Crippen molar-refractivity contribution in [3.05, 3.63) is 29.8 Å². The fourth-order valence-corrected chi connectivity index (χ4v) is 0.952. The van der Waals surface area contributed by atoms with Gasteiger partial charge in [-0.05, 0) is 17.7 Å². The van der Waals surface area contributed by atoms with Crippen LogP contribution in [0.4, 0.5) is 4.39 Å². The van der Waals surface area contributed by atoms with Gasteiger partial charge in [-0.3, -0.25) is 0 Å². The predicted octanol–water partition coefficient (Wildman–Crippen LogP) is -0.426. The summed E-state index contributed by atoms with van der Waals surface area (Å²) in [6.07, 6.45) is -1.03. The second-order valence-corrected chi connectivity index (χ2v) is 2.66. The fourth-order valence-electron chi connectivity index (χ4n) is 0.952. The molecule has 0 aliphatic rings. The molecule has 0 radical (unpaired) electrons. The molecule has 1 heterocycles. The van der Waals surface area contributed by atoms with Gasteiger partial charge in [-0.25, -0.2) is 4.98 Å². The van der Waals surface area contributed by atoms with Crippen molar-refractivity contribution in [3.8, 4) is 0 Å². The smallest absolute Gasteiger partial charge is 0.213 e. The summed E-state index contributed by atoms with van der Waals surface area (Å²) in [5, 5.41) is 18.5. The molecular formula is C8H11FN2O2. The van der Waals surface area contributed by atoms with Crippen molar-refractivity contribution in [3.63, 3.8) is 0 Å². The Balaban J connectivity index is 2.82. The molecule has 0 aliphatic heterocycles. The van der Waals surface area contributed by atoms with Gasteiger partial charge in [0.05, 0.1) is 6.10 Å². The molecule has 0 amide bonds. The van der Waals surface area contributed by atoms with Crippen LogP contribution in [0.15, 0.2) is 18.3 Å². The van der Waals surface area contributed by atoms with Gasteiger partial charge < -0.3 is 15.9 Å². The van der Waals surface area contributed by atoms with Gasteiger partial charge in [0.1, 0.15) is 6.10 Å². The number of aliphatic hydroxyl groups excluding tert-OH is 2. The van der Waals surface area contributed by atoms with E-state index in [4.69, 9.17) is 10.8 Å². The summed E-state index contributed by atoms with van der Waals surface area (Å²) in [5.41, 5.74) is 5.40. The summed E-state index contributed by atoms with van der Waals surface area (Å²) < 4.78 is 12.6. The second kappa shape index (κ2) is 4.27. The third kappa shape index (κ3) is 2.45. The van der Waals surface area contributed by atoms with Gasteiger partial charge >= 0.3 is 0 Å². The van der Waals surface area contributed by atoms with Crippen LogP contribution in [0, 0.1) is 5.95 Å². The zero-order valence-corrected chi connectivity index (χ0v) is 6.89. The van der Waals surface area contributed by atoms with Crippen LogP contribution < -0.4 is 5.73 Å². The fraction of sp³-hybridized carbons (Fsp3) is 0.375. The number of aromatic nitrogens is 1. The van der Waals surface area contributed by atoms with E-state index in [-0.39, 0.29) is 12.1 Å². The molecule has 5 heteroatoms. The summed E-state index contributed by atoms with van der Waals surface area (Å²) in [6.45, 7) is -0.0783. The number of nitrogens with zero attached hydrogens (tertiary/aromatic N) is 1. The quantitative estimate of drug-likeness (QED) is 0.560. The van der Waals surface area contributed by atoms with Gasteiger partial charge in [-0.2, -0.15) is 4.39 Å². The number of rotatable bonds is 3. The summed E-state index contributed by atoms with van der Waals surface area (Å²) in [4.78, 5) is 3.32. The number of hydrogen-bond acceptors (Lipinski definition) is 4. The van der Waals surface area contributed by atoms with E-state index in [1.54, 1.807) is 0 Å². The van der Waals surface area contributed by atoms with Crippen molar-refractivity contribution in [1.29, 1.82) is 0 Å². The predicted molar refractivity (Wildman–Crippen MR) is 44.2 cm³/mol. The number of aliphatic hydroxyl groups is 2. The van der Waals surface area contributed by atoms with Crippen molar-refractivity contribution < 1.29 is 14.6 Å². The first-order valence-electron chi connectivity index (χ1n) is 3.83. The minimum Gasteiger partial charge on any atom is -0.389 e. The Kier molecular flexibility index (Phi) is 3.30. The zero-order chi connectivity index (χ0) is 9.84. The van der Waals surface area contributed by atoms with E-state index in [0.717, 1.165) is 6.07 Å². The van der Waals surface area contributed by atoms with Crippen molar-refractivity contribution in [1.82, 2.24) is 4.98 Å². The molecular weight excluding hydrogens is 175 g/mol. The first kappa shape index (κ1) is 10.0. The van der Waals surface area contributed by atoms with Crippen molar-refractivity contribution in [2.24, 2.45) is 5.73 Å². The zero-order valence-electron chi connectivity index (χ0n) is 6.89. The Morgan fingerprint density at radius 1 is 1.54 bits per heavy atom. The summed E-state index contributed by atoms with van der Waals surface area (Å²) in [7, 11) is 0. The number of halogens is 1. The van der Waals surface area contributed by atoms with E-state index in [9.17, 15) is 9.50 Å². The molecule has 0 saturated heterocycles. The third-order valence-electron chi connectivity index (χ3n) is 1.70. The molecule has 4 N–H and O–H groups in total. The van der Waals surface area contributed by atoms with E-state index < -0.39 is 18.2 Å². The molecule has 1 rings (SSSR count). The lowest BCUT2D eigenvalue weighted by Crippen LogP contribution is -2.27. The van der Waals surface area contributed by atoms with Crippen LogP contribution >= 0.6 is 0 Å². The number of hydrogen-bond donors (Lipinski definition) is 3. The molecule has 0 spiro atoms. The molecule has 0 bridgehead atoms. The largest absolute Gasteiger partial charge is 0.389 e. The monoisotopic (exact) mass is 186 g/mol. The van der Waals surface area contributed by atoms with Crippen LogP contribution in [0.1, 0.15) is 11.7 Å². The Hall–Kier alpha value is -1.04. The highest BCUT2D eigenvalue weighted by atomic mass is 19.1. The number of pyridine rings is 1. The van der Waals surface area contributed by atoms with Crippen molar-refractivity contribution in [2.75, 3.05) is 6.54 Å². The molecule has 0 aliphatic carbocycles. The molecule has 2 atom stereocenters. The molecule has 4 nitrogen and oxygen atoms in total. The lowest BCUT2D eigenvalue weighted by atomic mass is 10.1. The molecule has 0 saturated carbocycles. The van der Waals surface area contributed by atoms with Crippen LogP contribution in [-0.2, 0) is 0 Å². The van der Waals surface area contributed by atoms with Gasteiger partial charge in [0, 0.05) is 12.7 Å². The molecule has 0 aromatic carbocycles. The van der Waals surface area contributed by atoms with E-state index in [0.29, 0.717) is 0 Å². The first-order chi connectivity index (χ1) is 6.15. The standard InChI is InChI=1S/C8H11FN2O2/c9-7-3-5(1-2-11-7)8(13)6(12)4-10/h1-3,6,8,12-13H,4,10H2. The molecule has 2 unspecified atom stereocenters. The SMILES string of the molecule is NCC(O)C(O)c1ccnc(F)c1. The molecule has 72 valence electrons. The highest BCUT2D eigenvalue weighted by Gasteiger charge is 2.16. The normalized spacial score (nSPS) is 15.4. The molecule has 1 aromatic rings. The Labute approximate surface area is 74.8 Å². The van der Waals surface area contributed by atoms with E-state index >= 15 is 0 Å². The lowest BCUT2D eigenvalue weighted by molar-refractivity contribution is 0.0241. The molecule has 13 heavy (non-hydrogen) atoms. The number of nitrogens with two attached hydrogens (primary N) is 1. The maximum Gasteiger partial charge on any atom is 0.213 e. The third-order valence-corrected chi connectivity index (χ3v) is 1.70. The van der Waals surface area contributed by atoms with Crippen LogP contribution in [-0.4, -0.2) is 27.8 Å². The molecule has 0 fully saturated rings. The van der Waals surface area contributed by atoms with Gasteiger partial charge in [-0.15, -0.1) is 0 Å². The summed E-state index contributed by atoms with van der Waals surface area (Å²) in [6, 6.07) is 2.48. The maximum atomic E-state index is 12.6. The second-order valence-electron chi connectivity index (χ2n) is 2.66. The van der Waals surface area contributed by atoms with Crippen LogP contribution in [0.25, 0.3) is 0 Å². The Bertz CT molecular complexity index is 283. The Morgan fingerprint density at radius 2 is 2.23 bits per heavy atom. The van der Waals surface area contributed by atoms with Gasteiger partial charge in [0.15, 0.2) is 0 Å². The summed E-state index contributed by atoms with van der Waals surface area (Å²) >= 11 is 0. The van der Waals surface area contributed by atoms with Crippen molar-refractivity contribution in [2.45, 2.75) is 12.2 Å². The minimum absolute atomic E-state index is 0.0783. The summed E-state index contributed by atoms with van der Waals surface area (Å²) in [5.74, 6) is -0.694. The Morgan fingerprint density at radius 3 is 2.77 bits per heavy atom. The maximum absolute atomic E-state index is 12.6. The van der Waals surface area contributed by atoms with Crippen LogP contribution in [0.5, 0.6) is 0 Å². The van der Waals surface area contributed by atoms with E-state index in [1.807, 2.05) is 0 Å².